The van der Waals surface area contributed by atoms with Gasteiger partial charge in [-0.2, -0.15) is 5.10 Å². The molecular formula is C11H10FN3OS. The highest BCUT2D eigenvalue weighted by Crippen LogP contribution is 2.44. The van der Waals surface area contributed by atoms with E-state index in [2.05, 4.69) is 10.1 Å². The van der Waals surface area contributed by atoms with Gasteiger partial charge >= 0.3 is 0 Å². The number of aliphatic hydroxyl groups is 1. The average Bonchev–Trinajstić information content (AvgIpc) is 2.91. The summed E-state index contributed by atoms with van der Waals surface area (Å²) in [6.45, 7) is 0.558. The molecule has 2 atom stereocenters. The van der Waals surface area contributed by atoms with Gasteiger partial charge in [0.15, 0.2) is 0 Å². The number of hydrogen-bond acceptors (Lipinski definition) is 4. The molecule has 1 aromatic heterocycles. The number of halogens is 1. The van der Waals surface area contributed by atoms with E-state index in [4.69, 9.17) is 0 Å². The first-order valence-electron chi connectivity index (χ1n) is 5.20. The molecule has 0 bridgehead atoms. The van der Waals surface area contributed by atoms with Crippen LogP contribution >= 0.6 is 11.8 Å². The normalized spacial score (nSPS) is 22.7. The molecule has 1 aliphatic heterocycles. The van der Waals surface area contributed by atoms with Crippen LogP contribution in [0.2, 0.25) is 0 Å². The Kier molecular flexibility index (Phi) is 2.60. The number of aliphatic hydroxyl groups excluding tert-OH is 1. The van der Waals surface area contributed by atoms with E-state index in [0.29, 0.717) is 12.1 Å². The Bertz CT molecular complexity index is 532. The van der Waals surface area contributed by atoms with Crippen LogP contribution in [0.5, 0.6) is 0 Å². The summed E-state index contributed by atoms with van der Waals surface area (Å²) in [4.78, 5) is 4.79. The minimum atomic E-state index is -0.658. The van der Waals surface area contributed by atoms with Crippen LogP contribution in [-0.4, -0.2) is 25.1 Å². The molecule has 0 amide bonds. The third kappa shape index (κ3) is 1.94. The highest BCUT2D eigenvalue weighted by atomic mass is 32.2. The molecule has 1 aliphatic rings. The number of hydrogen-bond donors (Lipinski definition) is 1. The van der Waals surface area contributed by atoms with Gasteiger partial charge < -0.3 is 5.11 Å². The summed E-state index contributed by atoms with van der Waals surface area (Å²) in [5.74, 6) is -0.315. The van der Waals surface area contributed by atoms with Gasteiger partial charge in [0.05, 0.1) is 17.9 Å². The first kappa shape index (κ1) is 10.7. The quantitative estimate of drug-likeness (QED) is 0.881. The number of benzene rings is 1. The predicted molar refractivity (Wildman–Crippen MR) is 61.0 cm³/mol. The topological polar surface area (TPSA) is 50.9 Å². The molecule has 2 aromatic rings. The van der Waals surface area contributed by atoms with Crippen molar-refractivity contribution in [1.29, 1.82) is 0 Å². The van der Waals surface area contributed by atoms with Crippen LogP contribution in [0.1, 0.15) is 11.7 Å². The van der Waals surface area contributed by atoms with Crippen molar-refractivity contribution in [2.75, 3.05) is 0 Å². The molecule has 4 nitrogen and oxygen atoms in total. The summed E-state index contributed by atoms with van der Waals surface area (Å²) in [6, 6.07) is 4.52. The maximum atomic E-state index is 13.1. The molecule has 0 fully saturated rings. The van der Waals surface area contributed by atoms with Gasteiger partial charge in [0.2, 0.25) is 0 Å². The Morgan fingerprint density at radius 2 is 2.35 bits per heavy atom. The minimum Gasteiger partial charge on any atom is -0.387 e. The molecule has 1 aromatic carbocycles. The second kappa shape index (κ2) is 4.12. The zero-order valence-electron chi connectivity index (χ0n) is 8.82. The Balaban J connectivity index is 1.84. The number of thioether (sulfide) groups is 1. The van der Waals surface area contributed by atoms with E-state index in [1.54, 1.807) is 28.8 Å². The van der Waals surface area contributed by atoms with Crippen molar-refractivity contribution in [2.24, 2.45) is 0 Å². The Morgan fingerprint density at radius 1 is 1.47 bits per heavy atom. The fourth-order valence-corrected chi connectivity index (χ4v) is 3.23. The van der Waals surface area contributed by atoms with E-state index >= 15 is 0 Å². The fraction of sp³-hybridized carbons (Fsp3) is 0.273. The zero-order chi connectivity index (χ0) is 11.8. The summed E-state index contributed by atoms with van der Waals surface area (Å²) in [5, 5.41) is 14.1. The lowest BCUT2D eigenvalue weighted by Gasteiger charge is -2.13. The number of fused-ring (bicyclic) bond motifs is 1. The molecule has 1 N–H and O–H groups in total. The van der Waals surface area contributed by atoms with Crippen LogP contribution in [0.15, 0.2) is 35.7 Å². The Morgan fingerprint density at radius 3 is 3.12 bits per heavy atom. The number of rotatable bonds is 2. The van der Waals surface area contributed by atoms with E-state index in [-0.39, 0.29) is 11.1 Å². The Hall–Kier alpha value is -1.40. The first-order chi connectivity index (χ1) is 8.24. The lowest BCUT2D eigenvalue weighted by Crippen LogP contribution is -2.17. The third-order valence-electron chi connectivity index (χ3n) is 2.75. The van der Waals surface area contributed by atoms with Crippen molar-refractivity contribution in [3.05, 3.63) is 42.2 Å². The third-order valence-corrected chi connectivity index (χ3v) is 4.09. The molecule has 6 heteroatoms. The smallest absolute Gasteiger partial charge is 0.137 e. The van der Waals surface area contributed by atoms with Crippen molar-refractivity contribution < 1.29 is 9.50 Å². The van der Waals surface area contributed by atoms with E-state index < -0.39 is 6.10 Å². The molecule has 0 saturated carbocycles. The van der Waals surface area contributed by atoms with Crippen molar-refractivity contribution in [1.82, 2.24) is 14.8 Å². The minimum absolute atomic E-state index is 0.0477. The highest BCUT2D eigenvalue weighted by Gasteiger charge is 2.32. The summed E-state index contributed by atoms with van der Waals surface area (Å²) >= 11 is 1.55. The molecule has 2 heterocycles. The van der Waals surface area contributed by atoms with Gasteiger partial charge in [-0.05, 0) is 23.8 Å². The van der Waals surface area contributed by atoms with Gasteiger partial charge in [-0.3, -0.25) is 4.68 Å². The second-order valence-electron chi connectivity index (χ2n) is 3.90. The van der Waals surface area contributed by atoms with Gasteiger partial charge in [0.1, 0.15) is 18.5 Å². The summed E-state index contributed by atoms with van der Waals surface area (Å²) in [7, 11) is 0. The predicted octanol–water partition coefficient (Wildman–Crippen LogP) is 1.63. The van der Waals surface area contributed by atoms with Gasteiger partial charge in [-0.15, -0.1) is 11.8 Å². The molecule has 0 spiro atoms. The van der Waals surface area contributed by atoms with Crippen LogP contribution in [0.25, 0.3) is 0 Å². The van der Waals surface area contributed by atoms with Crippen LogP contribution in [-0.2, 0) is 6.54 Å². The zero-order valence-corrected chi connectivity index (χ0v) is 9.64. The maximum Gasteiger partial charge on any atom is 0.137 e. The van der Waals surface area contributed by atoms with Crippen LogP contribution in [0.3, 0.4) is 0 Å². The average molecular weight is 251 g/mol. The lowest BCUT2D eigenvalue weighted by molar-refractivity contribution is 0.168. The van der Waals surface area contributed by atoms with E-state index in [1.165, 1.54) is 18.5 Å². The molecule has 0 radical (unpaired) electrons. The molecule has 88 valence electrons. The fourth-order valence-electron chi connectivity index (χ4n) is 1.93. The van der Waals surface area contributed by atoms with Gasteiger partial charge in [-0.1, -0.05) is 0 Å². The summed E-state index contributed by atoms with van der Waals surface area (Å²) in [6.07, 6.45) is 2.41. The highest BCUT2D eigenvalue weighted by molar-refractivity contribution is 8.00. The van der Waals surface area contributed by atoms with Crippen molar-refractivity contribution in [3.8, 4) is 0 Å². The van der Waals surface area contributed by atoms with Crippen LogP contribution in [0.4, 0.5) is 4.39 Å². The standard InChI is InChI=1S/C11H10FN3OS/c12-7-1-2-9-8(3-7)11(16)10(17-9)4-15-6-13-5-14-15/h1-3,5-6,10-11,16H,4H2/t10-,11-/m1/s1. The van der Waals surface area contributed by atoms with Crippen molar-refractivity contribution in [2.45, 2.75) is 22.8 Å². The van der Waals surface area contributed by atoms with Crippen molar-refractivity contribution in [3.63, 3.8) is 0 Å². The van der Waals surface area contributed by atoms with Gasteiger partial charge in [-0.25, -0.2) is 9.37 Å². The van der Waals surface area contributed by atoms with Gasteiger partial charge in [0.25, 0.3) is 0 Å². The molecule has 17 heavy (non-hydrogen) atoms. The van der Waals surface area contributed by atoms with E-state index in [0.717, 1.165) is 4.90 Å². The van der Waals surface area contributed by atoms with E-state index in [9.17, 15) is 9.50 Å². The molecular weight excluding hydrogens is 241 g/mol. The van der Waals surface area contributed by atoms with Crippen LogP contribution in [0, 0.1) is 5.82 Å². The molecule has 0 aliphatic carbocycles. The SMILES string of the molecule is O[C@@H]1c2cc(F)ccc2S[C@@H]1Cn1cncn1. The monoisotopic (exact) mass is 251 g/mol. The molecule has 0 unspecified atom stereocenters. The molecule has 0 saturated heterocycles. The number of nitrogens with zero attached hydrogens (tertiary/aromatic N) is 3. The summed E-state index contributed by atoms with van der Waals surface area (Å²) in [5.41, 5.74) is 0.667. The lowest BCUT2D eigenvalue weighted by atomic mass is 10.1. The summed E-state index contributed by atoms with van der Waals surface area (Å²) < 4.78 is 14.8. The maximum absolute atomic E-state index is 13.1. The Labute approximate surface area is 101 Å². The van der Waals surface area contributed by atoms with Crippen LogP contribution < -0.4 is 0 Å². The van der Waals surface area contributed by atoms with Gasteiger partial charge in [0, 0.05) is 4.90 Å². The van der Waals surface area contributed by atoms with E-state index in [1.807, 2.05) is 0 Å². The molecule has 3 rings (SSSR count). The second-order valence-corrected chi connectivity index (χ2v) is 5.18. The van der Waals surface area contributed by atoms with Crippen molar-refractivity contribution >= 4 is 11.8 Å². The number of aromatic nitrogens is 3. The largest absolute Gasteiger partial charge is 0.387 e. The first-order valence-corrected chi connectivity index (χ1v) is 6.08.